The molecule has 47 heavy (non-hydrogen) atoms. The Bertz CT molecular complexity index is 1970. The third kappa shape index (κ3) is 7.31. The maximum Gasteiger partial charge on any atom is 0.0394 e. The molecule has 0 saturated carbocycles. The second-order valence-corrected chi connectivity index (χ2v) is 12.9. The zero-order valence-corrected chi connectivity index (χ0v) is 27.2. The third-order valence-electron chi connectivity index (χ3n) is 9.61. The molecule has 0 aliphatic heterocycles. The number of rotatable bonds is 11. The number of nitrogens with two attached hydrogens (primary N) is 1. The smallest absolute Gasteiger partial charge is 0.0394 e. The maximum absolute atomic E-state index is 6.90. The van der Waals surface area contributed by atoms with Crippen molar-refractivity contribution in [2.24, 2.45) is 5.73 Å². The number of allylic oxidation sites excluding steroid dienone is 7. The van der Waals surface area contributed by atoms with Gasteiger partial charge in [0.05, 0.1) is 0 Å². The van der Waals surface area contributed by atoms with Crippen LogP contribution in [-0.2, 0) is 19.3 Å². The molecular formula is C46H43N. The summed E-state index contributed by atoms with van der Waals surface area (Å²) in [4.78, 5) is 0. The van der Waals surface area contributed by atoms with Gasteiger partial charge in [-0.25, -0.2) is 0 Å². The minimum absolute atomic E-state index is 0.797. The topological polar surface area (TPSA) is 26.0 Å². The fourth-order valence-electron chi connectivity index (χ4n) is 7.08. The van der Waals surface area contributed by atoms with Gasteiger partial charge in [-0.05, 0) is 117 Å². The van der Waals surface area contributed by atoms with Crippen LogP contribution in [0.4, 0.5) is 0 Å². The second-order valence-electron chi connectivity index (χ2n) is 12.9. The summed E-state index contributed by atoms with van der Waals surface area (Å²) < 4.78 is 0. The van der Waals surface area contributed by atoms with Gasteiger partial charge in [0.25, 0.3) is 0 Å². The largest absolute Gasteiger partial charge is 0.398 e. The summed E-state index contributed by atoms with van der Waals surface area (Å²) in [6.45, 7) is 0. The lowest BCUT2D eigenvalue weighted by molar-refractivity contribution is 0.640. The first-order valence-electron chi connectivity index (χ1n) is 17.2. The van der Waals surface area contributed by atoms with Gasteiger partial charge in [0.2, 0.25) is 0 Å². The Morgan fingerprint density at radius 2 is 1.30 bits per heavy atom. The molecule has 0 bridgehead atoms. The number of benzene rings is 5. The first-order chi connectivity index (χ1) is 23.2. The number of aryl methyl sites for hydroxylation is 2. The molecule has 232 valence electrons. The molecule has 0 saturated heterocycles. The van der Waals surface area contributed by atoms with Crippen LogP contribution in [0, 0.1) is 0 Å². The molecule has 0 spiro atoms. The molecule has 5 aromatic carbocycles. The van der Waals surface area contributed by atoms with E-state index < -0.39 is 0 Å². The van der Waals surface area contributed by atoms with Gasteiger partial charge in [-0.15, -0.1) is 0 Å². The summed E-state index contributed by atoms with van der Waals surface area (Å²) in [5, 5.41) is 0. The van der Waals surface area contributed by atoms with E-state index in [1.165, 1.54) is 93.3 Å². The van der Waals surface area contributed by atoms with Crippen molar-refractivity contribution in [2.45, 2.75) is 51.4 Å². The molecule has 1 nitrogen and oxygen atoms in total. The van der Waals surface area contributed by atoms with Gasteiger partial charge >= 0.3 is 0 Å². The molecular weight excluding hydrogens is 567 g/mol. The van der Waals surface area contributed by atoms with Gasteiger partial charge in [0.15, 0.2) is 0 Å². The average Bonchev–Trinajstić information content (AvgIpc) is 3.51. The molecule has 1 heteroatoms. The Morgan fingerprint density at radius 3 is 2.13 bits per heavy atom. The van der Waals surface area contributed by atoms with Crippen molar-refractivity contribution < 1.29 is 0 Å². The normalized spacial score (nSPS) is 14.8. The van der Waals surface area contributed by atoms with E-state index >= 15 is 0 Å². The SMILES string of the molecule is N/C(=C\C(=C1\C=C(c2cccc(CCCCCCc3ccccc3)c2)C=CC1)c1ccccc1)c1ccc2c(c1)Cc1ccccc1-2. The predicted octanol–water partition coefficient (Wildman–Crippen LogP) is 11.4. The molecule has 0 heterocycles. The number of hydrogen-bond donors (Lipinski definition) is 1. The number of unbranched alkanes of at least 4 members (excludes halogenated alkanes) is 3. The van der Waals surface area contributed by atoms with Crippen LogP contribution >= 0.6 is 0 Å². The Morgan fingerprint density at radius 1 is 0.596 bits per heavy atom. The molecule has 5 aromatic rings. The van der Waals surface area contributed by atoms with Gasteiger partial charge in [0.1, 0.15) is 0 Å². The van der Waals surface area contributed by atoms with Crippen LogP contribution in [0.2, 0.25) is 0 Å². The van der Waals surface area contributed by atoms with Crippen molar-refractivity contribution in [1.29, 1.82) is 0 Å². The molecule has 0 radical (unpaired) electrons. The van der Waals surface area contributed by atoms with E-state index in [2.05, 4.69) is 152 Å². The first kappa shape index (κ1) is 30.5. The van der Waals surface area contributed by atoms with Crippen LogP contribution in [0.15, 0.2) is 157 Å². The minimum Gasteiger partial charge on any atom is -0.398 e. The van der Waals surface area contributed by atoms with Gasteiger partial charge in [-0.1, -0.05) is 152 Å². The zero-order chi connectivity index (χ0) is 31.8. The van der Waals surface area contributed by atoms with E-state index in [4.69, 9.17) is 5.73 Å². The standard InChI is InChI=1S/C46H43N/c47-46(41-27-28-44-42(32-41)31-39-22-11-12-26-43(39)44)33-45(36-20-9-4-10-21-36)40-25-14-24-38(30-40)37-23-13-19-35(29-37)18-6-2-1-5-15-34-16-7-3-8-17-34/h3-4,7-14,16-17,19-24,26-30,32-33H,1-2,5-6,15,18,25,31,47H2/b45-40-,46-33-. The highest BCUT2D eigenvalue weighted by Crippen LogP contribution is 2.38. The van der Waals surface area contributed by atoms with Crippen molar-refractivity contribution in [1.82, 2.24) is 0 Å². The monoisotopic (exact) mass is 609 g/mol. The van der Waals surface area contributed by atoms with Crippen molar-refractivity contribution in [3.8, 4) is 11.1 Å². The van der Waals surface area contributed by atoms with Crippen LogP contribution in [0.3, 0.4) is 0 Å². The number of fused-ring (bicyclic) bond motifs is 3. The van der Waals surface area contributed by atoms with E-state index in [1.807, 2.05) is 0 Å². The lowest BCUT2D eigenvalue weighted by Crippen LogP contribution is -2.00. The summed E-state index contributed by atoms with van der Waals surface area (Å²) >= 11 is 0. The molecule has 0 atom stereocenters. The molecule has 2 aliphatic rings. The summed E-state index contributed by atoms with van der Waals surface area (Å²) in [6, 6.07) is 46.1. The first-order valence-corrected chi connectivity index (χ1v) is 17.2. The van der Waals surface area contributed by atoms with E-state index in [9.17, 15) is 0 Å². The van der Waals surface area contributed by atoms with Crippen LogP contribution < -0.4 is 5.73 Å². The summed E-state index contributed by atoms with van der Waals surface area (Å²) in [6.07, 6.45) is 18.3. The maximum atomic E-state index is 6.90. The quantitative estimate of drug-likeness (QED) is 0.145. The average molecular weight is 610 g/mol. The summed E-state index contributed by atoms with van der Waals surface area (Å²) in [5.74, 6) is 0. The molecule has 7 rings (SSSR count). The van der Waals surface area contributed by atoms with Gasteiger partial charge in [0, 0.05) is 5.70 Å². The predicted molar refractivity (Wildman–Crippen MR) is 201 cm³/mol. The molecule has 0 unspecified atom stereocenters. The molecule has 2 aliphatic carbocycles. The van der Waals surface area contributed by atoms with Crippen molar-refractivity contribution in [3.63, 3.8) is 0 Å². The fraction of sp³-hybridized carbons (Fsp3) is 0.174. The van der Waals surface area contributed by atoms with Crippen LogP contribution in [0.1, 0.15) is 71.0 Å². The van der Waals surface area contributed by atoms with Gasteiger partial charge < -0.3 is 5.73 Å². The second kappa shape index (κ2) is 14.5. The van der Waals surface area contributed by atoms with Crippen molar-refractivity contribution >= 4 is 16.8 Å². The Hall–Kier alpha value is -5.14. The highest BCUT2D eigenvalue weighted by molar-refractivity contribution is 5.90. The fourth-order valence-corrected chi connectivity index (χ4v) is 7.08. The van der Waals surface area contributed by atoms with E-state index in [0.717, 1.165) is 30.5 Å². The van der Waals surface area contributed by atoms with Crippen molar-refractivity contribution in [3.05, 3.63) is 196 Å². The Kier molecular flexibility index (Phi) is 9.43. The third-order valence-corrected chi connectivity index (χ3v) is 9.61. The lowest BCUT2D eigenvalue weighted by Gasteiger charge is -2.16. The molecule has 0 aromatic heterocycles. The summed E-state index contributed by atoms with van der Waals surface area (Å²) in [7, 11) is 0. The Labute approximate surface area is 280 Å². The van der Waals surface area contributed by atoms with E-state index in [-0.39, 0.29) is 0 Å². The molecule has 0 amide bonds. The highest BCUT2D eigenvalue weighted by Gasteiger charge is 2.19. The van der Waals surface area contributed by atoms with Crippen LogP contribution in [0.25, 0.3) is 28.0 Å². The number of hydrogen-bond acceptors (Lipinski definition) is 1. The minimum atomic E-state index is 0.797. The van der Waals surface area contributed by atoms with Gasteiger partial charge in [-0.3, -0.25) is 0 Å². The lowest BCUT2D eigenvalue weighted by atomic mass is 9.89. The zero-order valence-electron chi connectivity index (χ0n) is 27.2. The summed E-state index contributed by atoms with van der Waals surface area (Å²) in [5.41, 5.74) is 23.2. The molecule has 0 fully saturated rings. The van der Waals surface area contributed by atoms with E-state index in [0.29, 0.717) is 0 Å². The van der Waals surface area contributed by atoms with Crippen molar-refractivity contribution in [2.75, 3.05) is 0 Å². The van der Waals surface area contributed by atoms with Crippen LogP contribution in [-0.4, -0.2) is 0 Å². The Balaban J connectivity index is 1.09. The van der Waals surface area contributed by atoms with Crippen LogP contribution in [0.5, 0.6) is 0 Å². The molecule has 2 N–H and O–H groups in total. The van der Waals surface area contributed by atoms with E-state index in [1.54, 1.807) is 0 Å². The van der Waals surface area contributed by atoms with Gasteiger partial charge in [-0.2, -0.15) is 0 Å². The highest BCUT2D eigenvalue weighted by atomic mass is 14.6.